The van der Waals surface area contributed by atoms with Crippen LogP contribution in [-0.4, -0.2) is 53.2 Å². The molecule has 2 aliphatic heterocycles. The van der Waals surface area contributed by atoms with Crippen molar-refractivity contribution in [1.82, 2.24) is 9.88 Å². The highest BCUT2D eigenvalue weighted by molar-refractivity contribution is 7.09. The van der Waals surface area contributed by atoms with E-state index in [1.54, 1.807) is 11.3 Å². The number of thiazole rings is 1. The smallest absolute Gasteiger partial charge is 0.241 e. The Morgan fingerprint density at radius 3 is 3.00 bits per heavy atom. The van der Waals surface area contributed by atoms with Gasteiger partial charge in [-0.25, -0.2) is 4.98 Å². The van der Waals surface area contributed by atoms with Crippen molar-refractivity contribution in [3.63, 3.8) is 0 Å². The van der Waals surface area contributed by atoms with Gasteiger partial charge < -0.3 is 10.0 Å². The summed E-state index contributed by atoms with van der Waals surface area (Å²) in [4.78, 5) is 21.8. The number of aliphatic hydroxyl groups excluding tert-OH is 1. The summed E-state index contributed by atoms with van der Waals surface area (Å²) in [5.74, 6) is 0.177. The van der Waals surface area contributed by atoms with E-state index in [-0.39, 0.29) is 12.5 Å². The summed E-state index contributed by atoms with van der Waals surface area (Å²) in [6.45, 7) is 4.38. The molecule has 0 aliphatic carbocycles. The van der Waals surface area contributed by atoms with Crippen LogP contribution in [0.15, 0.2) is 23.6 Å². The third-order valence-corrected chi connectivity index (χ3v) is 6.51. The van der Waals surface area contributed by atoms with Crippen molar-refractivity contribution in [3.8, 4) is 11.3 Å². The molecule has 1 atom stereocenters. The van der Waals surface area contributed by atoms with Gasteiger partial charge in [-0.15, -0.1) is 11.3 Å². The zero-order chi connectivity index (χ0) is 18.8. The molecule has 1 aromatic heterocycles. The van der Waals surface area contributed by atoms with Crippen LogP contribution in [0, 0.1) is 6.92 Å². The lowest BCUT2D eigenvalue weighted by atomic mass is 9.99. The lowest BCUT2D eigenvalue weighted by Gasteiger charge is -2.35. The average Bonchev–Trinajstić information content (AvgIpc) is 3.29. The standard InChI is InChI=1S/C21H27N3O2S/c1-15-22-19(14-27-15)16-5-6-20-17(12-16)7-10-24(20)21(26)13-23-9-3-2-4-18(23)8-11-25/h5-6,12,14,18,25H,2-4,7-11,13H2,1H3. The molecule has 1 aromatic carbocycles. The maximum Gasteiger partial charge on any atom is 0.241 e. The van der Waals surface area contributed by atoms with Gasteiger partial charge in [-0.05, 0) is 56.8 Å². The Labute approximate surface area is 164 Å². The van der Waals surface area contributed by atoms with Crippen LogP contribution in [0.5, 0.6) is 0 Å². The minimum Gasteiger partial charge on any atom is -0.396 e. The zero-order valence-corrected chi connectivity index (χ0v) is 16.7. The molecule has 2 aliphatic rings. The highest BCUT2D eigenvalue weighted by Crippen LogP contribution is 2.33. The fourth-order valence-corrected chi connectivity index (χ4v) is 4.94. The number of likely N-dealkylation sites (tertiary alicyclic amines) is 1. The lowest BCUT2D eigenvalue weighted by molar-refractivity contribution is -0.120. The van der Waals surface area contributed by atoms with Crippen LogP contribution in [0.25, 0.3) is 11.3 Å². The molecule has 1 fully saturated rings. The first-order chi connectivity index (χ1) is 13.2. The monoisotopic (exact) mass is 385 g/mol. The average molecular weight is 386 g/mol. The van der Waals surface area contributed by atoms with Crippen LogP contribution in [0.4, 0.5) is 5.69 Å². The van der Waals surface area contributed by atoms with Crippen molar-refractivity contribution in [2.45, 2.75) is 45.1 Å². The van der Waals surface area contributed by atoms with E-state index in [1.807, 2.05) is 11.8 Å². The molecule has 3 heterocycles. The third kappa shape index (κ3) is 3.93. The number of aliphatic hydroxyl groups is 1. The van der Waals surface area contributed by atoms with Crippen molar-refractivity contribution < 1.29 is 9.90 Å². The normalized spacial score (nSPS) is 20.1. The molecule has 0 bridgehead atoms. The summed E-state index contributed by atoms with van der Waals surface area (Å²) >= 11 is 1.66. The number of benzene rings is 1. The highest BCUT2D eigenvalue weighted by atomic mass is 32.1. The summed E-state index contributed by atoms with van der Waals surface area (Å²) in [5.41, 5.74) is 4.43. The van der Waals surface area contributed by atoms with Gasteiger partial charge in [-0.3, -0.25) is 9.69 Å². The number of amides is 1. The first-order valence-corrected chi connectivity index (χ1v) is 10.7. The number of hydrogen-bond donors (Lipinski definition) is 1. The Morgan fingerprint density at radius 1 is 1.33 bits per heavy atom. The number of nitrogens with zero attached hydrogens (tertiary/aromatic N) is 3. The zero-order valence-electron chi connectivity index (χ0n) is 15.9. The van der Waals surface area contributed by atoms with E-state index in [4.69, 9.17) is 0 Å². The van der Waals surface area contributed by atoms with Crippen molar-refractivity contribution in [1.29, 1.82) is 0 Å². The summed E-state index contributed by atoms with van der Waals surface area (Å²) in [7, 11) is 0. The second-order valence-corrected chi connectivity index (χ2v) is 8.59. The van der Waals surface area contributed by atoms with E-state index in [2.05, 4.69) is 33.5 Å². The molecule has 27 heavy (non-hydrogen) atoms. The first kappa shape index (κ1) is 18.6. The summed E-state index contributed by atoms with van der Waals surface area (Å²) in [6, 6.07) is 6.68. The van der Waals surface area contributed by atoms with Gasteiger partial charge in [0.25, 0.3) is 0 Å². The molecule has 1 N–H and O–H groups in total. The largest absolute Gasteiger partial charge is 0.396 e. The van der Waals surface area contributed by atoms with Crippen LogP contribution in [0.2, 0.25) is 0 Å². The molecule has 2 aromatic rings. The van der Waals surface area contributed by atoms with Gasteiger partial charge in [-0.2, -0.15) is 0 Å². The van der Waals surface area contributed by atoms with E-state index in [9.17, 15) is 9.90 Å². The summed E-state index contributed by atoms with van der Waals surface area (Å²) in [6.07, 6.45) is 5.09. The fourth-order valence-electron chi connectivity index (χ4n) is 4.32. The predicted molar refractivity (Wildman–Crippen MR) is 109 cm³/mol. The summed E-state index contributed by atoms with van der Waals surface area (Å²) < 4.78 is 0. The number of aryl methyl sites for hydroxylation is 1. The number of rotatable bonds is 5. The number of hydrogen-bond acceptors (Lipinski definition) is 5. The Bertz CT molecular complexity index is 818. The van der Waals surface area contributed by atoms with Crippen LogP contribution in [0.1, 0.15) is 36.3 Å². The van der Waals surface area contributed by atoms with Gasteiger partial charge in [0, 0.05) is 35.8 Å². The molecular formula is C21H27N3O2S. The first-order valence-electron chi connectivity index (χ1n) is 9.86. The quantitative estimate of drug-likeness (QED) is 0.858. The van der Waals surface area contributed by atoms with Crippen LogP contribution in [-0.2, 0) is 11.2 Å². The third-order valence-electron chi connectivity index (χ3n) is 5.74. The summed E-state index contributed by atoms with van der Waals surface area (Å²) in [5, 5.41) is 12.5. The van der Waals surface area contributed by atoms with Crippen molar-refractivity contribution in [2.24, 2.45) is 0 Å². The van der Waals surface area contributed by atoms with E-state index >= 15 is 0 Å². The van der Waals surface area contributed by atoms with Crippen LogP contribution in [0.3, 0.4) is 0 Å². The number of piperidine rings is 1. The van der Waals surface area contributed by atoms with Crippen molar-refractivity contribution in [2.75, 3.05) is 31.1 Å². The van der Waals surface area contributed by atoms with Gasteiger partial charge in [0.05, 0.1) is 17.2 Å². The molecule has 4 rings (SSSR count). The van der Waals surface area contributed by atoms with E-state index in [0.29, 0.717) is 12.6 Å². The van der Waals surface area contributed by atoms with E-state index in [0.717, 1.165) is 60.7 Å². The Hall–Kier alpha value is -1.76. The van der Waals surface area contributed by atoms with Gasteiger partial charge >= 0.3 is 0 Å². The SMILES string of the molecule is Cc1nc(-c2ccc3c(c2)CCN3C(=O)CN2CCCCC2CCO)cs1. The Balaban J connectivity index is 1.47. The number of anilines is 1. The van der Waals surface area contributed by atoms with Crippen molar-refractivity contribution in [3.05, 3.63) is 34.2 Å². The molecule has 144 valence electrons. The van der Waals surface area contributed by atoms with Gasteiger partial charge in [0.15, 0.2) is 0 Å². The molecule has 1 saturated heterocycles. The van der Waals surface area contributed by atoms with Crippen molar-refractivity contribution >= 4 is 22.9 Å². The molecule has 0 spiro atoms. The maximum atomic E-state index is 13.0. The lowest BCUT2D eigenvalue weighted by Crippen LogP contribution is -2.46. The molecule has 1 amide bonds. The minimum absolute atomic E-state index is 0.177. The van der Waals surface area contributed by atoms with Crippen LogP contribution < -0.4 is 4.90 Å². The van der Waals surface area contributed by atoms with Crippen LogP contribution >= 0.6 is 11.3 Å². The van der Waals surface area contributed by atoms with E-state index < -0.39 is 0 Å². The molecule has 5 nitrogen and oxygen atoms in total. The second-order valence-electron chi connectivity index (χ2n) is 7.52. The molecule has 0 saturated carbocycles. The second kappa shape index (κ2) is 8.09. The predicted octanol–water partition coefficient (Wildman–Crippen LogP) is 3.24. The molecule has 0 radical (unpaired) electrons. The van der Waals surface area contributed by atoms with Gasteiger partial charge in [-0.1, -0.05) is 12.5 Å². The number of carbonyl (C=O) groups excluding carboxylic acids is 1. The topological polar surface area (TPSA) is 56.7 Å². The van der Waals surface area contributed by atoms with Gasteiger partial charge in [0.2, 0.25) is 5.91 Å². The highest BCUT2D eigenvalue weighted by Gasteiger charge is 2.29. The van der Waals surface area contributed by atoms with E-state index in [1.165, 1.54) is 12.0 Å². The maximum absolute atomic E-state index is 13.0. The number of aromatic nitrogens is 1. The number of fused-ring (bicyclic) bond motifs is 1. The van der Waals surface area contributed by atoms with Gasteiger partial charge in [0.1, 0.15) is 0 Å². The number of carbonyl (C=O) groups is 1. The molecular weight excluding hydrogens is 358 g/mol. The Kier molecular flexibility index (Phi) is 5.57. The Morgan fingerprint density at radius 2 is 2.22 bits per heavy atom. The molecule has 1 unspecified atom stereocenters. The minimum atomic E-state index is 0.177. The molecule has 6 heteroatoms. The fraction of sp³-hybridized carbons (Fsp3) is 0.524.